The van der Waals surface area contributed by atoms with Gasteiger partial charge in [-0.05, 0) is 50.3 Å². The molecule has 4 rings (SSSR count). The molecule has 3 aliphatic heterocycles. The quantitative estimate of drug-likeness (QED) is 0.883. The third-order valence-corrected chi connectivity index (χ3v) is 5.80. The molecule has 25 heavy (non-hydrogen) atoms. The molecule has 134 valence electrons. The minimum atomic E-state index is -0.0841. The van der Waals surface area contributed by atoms with E-state index in [2.05, 4.69) is 10.6 Å². The molecule has 2 atom stereocenters. The monoisotopic (exact) mass is 342 g/mol. The van der Waals surface area contributed by atoms with Gasteiger partial charge in [-0.25, -0.2) is 4.79 Å². The summed E-state index contributed by atoms with van der Waals surface area (Å²) in [4.78, 5) is 28.6. The number of rotatable bonds is 3. The molecule has 0 aromatic heterocycles. The number of amides is 3. The molecule has 3 fully saturated rings. The zero-order chi connectivity index (χ0) is 17.4. The number of urea groups is 1. The summed E-state index contributed by atoms with van der Waals surface area (Å²) in [6.45, 7) is 1.41. The Morgan fingerprint density at radius 2 is 2.00 bits per heavy atom. The van der Waals surface area contributed by atoms with E-state index in [9.17, 15) is 9.59 Å². The summed E-state index contributed by atoms with van der Waals surface area (Å²) < 4.78 is 0. The van der Waals surface area contributed by atoms with Gasteiger partial charge in [0.25, 0.3) is 5.91 Å². The van der Waals surface area contributed by atoms with Crippen molar-refractivity contribution < 1.29 is 9.59 Å². The number of piperidine rings is 1. The van der Waals surface area contributed by atoms with Crippen LogP contribution in [0.2, 0.25) is 0 Å². The Labute approximate surface area is 148 Å². The van der Waals surface area contributed by atoms with Crippen LogP contribution in [0, 0.1) is 0 Å². The van der Waals surface area contributed by atoms with Crippen molar-refractivity contribution in [2.45, 2.75) is 50.2 Å². The van der Waals surface area contributed by atoms with E-state index >= 15 is 0 Å². The van der Waals surface area contributed by atoms with E-state index in [4.69, 9.17) is 0 Å². The van der Waals surface area contributed by atoms with E-state index < -0.39 is 0 Å². The van der Waals surface area contributed by atoms with Crippen LogP contribution in [0.1, 0.15) is 42.5 Å². The summed E-state index contributed by atoms with van der Waals surface area (Å²) >= 11 is 0. The standard InChI is InChI=1S/C19H26N4O2/c1-22(17-11-14-6-7-15(12-17)21-14)18(24)13-4-2-5-16(10-13)23-9-3-8-20-19(23)25/h2,4-5,10,14-15,17,21H,3,6-9,11-12H2,1H3,(H,20,25). The molecule has 0 radical (unpaired) electrons. The van der Waals surface area contributed by atoms with E-state index in [1.54, 1.807) is 4.90 Å². The fourth-order valence-corrected chi connectivity index (χ4v) is 4.40. The molecule has 0 saturated carbocycles. The van der Waals surface area contributed by atoms with Crippen LogP contribution in [0.25, 0.3) is 0 Å². The third-order valence-electron chi connectivity index (χ3n) is 5.80. The minimum absolute atomic E-state index is 0.0468. The van der Waals surface area contributed by atoms with Crippen LogP contribution in [0.3, 0.4) is 0 Å². The van der Waals surface area contributed by atoms with Gasteiger partial charge < -0.3 is 15.5 Å². The fraction of sp³-hybridized carbons (Fsp3) is 0.579. The molecule has 3 saturated heterocycles. The number of hydrogen-bond donors (Lipinski definition) is 2. The SMILES string of the molecule is CN(C(=O)c1cccc(N2CCCNC2=O)c1)C1CC2CCC(C1)N2. The predicted octanol–water partition coefficient (Wildman–Crippen LogP) is 1.96. The highest BCUT2D eigenvalue weighted by atomic mass is 16.2. The number of benzene rings is 1. The van der Waals surface area contributed by atoms with E-state index in [0.717, 1.165) is 31.5 Å². The first kappa shape index (κ1) is 16.4. The summed E-state index contributed by atoms with van der Waals surface area (Å²) in [5.41, 5.74) is 1.45. The van der Waals surface area contributed by atoms with Crippen LogP contribution in [-0.2, 0) is 0 Å². The Bertz CT molecular complexity index is 665. The van der Waals surface area contributed by atoms with Gasteiger partial charge in [0.15, 0.2) is 0 Å². The molecule has 3 heterocycles. The maximum absolute atomic E-state index is 13.0. The van der Waals surface area contributed by atoms with Gasteiger partial charge in [0, 0.05) is 49.5 Å². The van der Waals surface area contributed by atoms with E-state index in [1.165, 1.54) is 12.8 Å². The van der Waals surface area contributed by atoms with Gasteiger partial charge in [0.05, 0.1) is 0 Å². The van der Waals surface area contributed by atoms with Crippen molar-refractivity contribution in [3.8, 4) is 0 Å². The zero-order valence-corrected chi connectivity index (χ0v) is 14.7. The molecule has 2 bridgehead atoms. The molecule has 3 aliphatic rings. The van der Waals surface area contributed by atoms with Crippen molar-refractivity contribution in [2.24, 2.45) is 0 Å². The second-order valence-electron chi connectivity index (χ2n) is 7.47. The molecular formula is C19H26N4O2. The molecular weight excluding hydrogens is 316 g/mol. The van der Waals surface area contributed by atoms with Crippen LogP contribution in [0.5, 0.6) is 0 Å². The van der Waals surface area contributed by atoms with Crippen molar-refractivity contribution in [1.29, 1.82) is 0 Å². The summed E-state index contributed by atoms with van der Waals surface area (Å²) in [7, 11) is 1.91. The second-order valence-corrected chi connectivity index (χ2v) is 7.47. The van der Waals surface area contributed by atoms with Crippen molar-refractivity contribution >= 4 is 17.6 Å². The number of nitrogens with one attached hydrogen (secondary N) is 2. The second kappa shape index (κ2) is 6.67. The number of carbonyl (C=O) groups is 2. The van der Waals surface area contributed by atoms with E-state index in [-0.39, 0.29) is 11.9 Å². The Morgan fingerprint density at radius 3 is 2.72 bits per heavy atom. The number of anilines is 1. The first-order valence-corrected chi connectivity index (χ1v) is 9.30. The lowest BCUT2D eigenvalue weighted by Gasteiger charge is -2.35. The maximum Gasteiger partial charge on any atom is 0.321 e. The summed E-state index contributed by atoms with van der Waals surface area (Å²) in [6, 6.07) is 8.79. The predicted molar refractivity (Wildman–Crippen MR) is 96.9 cm³/mol. The highest BCUT2D eigenvalue weighted by Gasteiger charge is 2.36. The lowest BCUT2D eigenvalue weighted by molar-refractivity contribution is 0.0681. The Balaban J connectivity index is 1.50. The Hall–Kier alpha value is -2.08. The first-order chi connectivity index (χ1) is 12.1. The maximum atomic E-state index is 13.0. The molecule has 6 nitrogen and oxygen atoms in total. The van der Waals surface area contributed by atoms with Crippen molar-refractivity contribution in [1.82, 2.24) is 15.5 Å². The first-order valence-electron chi connectivity index (χ1n) is 9.30. The molecule has 0 aliphatic carbocycles. The Kier molecular flexibility index (Phi) is 4.37. The lowest BCUT2D eigenvalue weighted by Crippen LogP contribution is -2.49. The van der Waals surface area contributed by atoms with Crippen molar-refractivity contribution in [3.05, 3.63) is 29.8 Å². The topological polar surface area (TPSA) is 64.7 Å². The van der Waals surface area contributed by atoms with Gasteiger partial charge >= 0.3 is 6.03 Å². The number of nitrogens with zero attached hydrogens (tertiary/aromatic N) is 2. The minimum Gasteiger partial charge on any atom is -0.339 e. The average Bonchev–Trinajstić information content (AvgIpc) is 2.98. The van der Waals surface area contributed by atoms with Crippen LogP contribution in [0.15, 0.2) is 24.3 Å². The van der Waals surface area contributed by atoms with Gasteiger partial charge in [-0.15, -0.1) is 0 Å². The number of fused-ring (bicyclic) bond motifs is 2. The van der Waals surface area contributed by atoms with Gasteiger partial charge in [-0.2, -0.15) is 0 Å². The molecule has 0 spiro atoms. The molecule has 1 aromatic carbocycles. The average molecular weight is 342 g/mol. The van der Waals surface area contributed by atoms with Crippen molar-refractivity contribution in [2.75, 3.05) is 25.0 Å². The lowest BCUT2D eigenvalue weighted by atomic mass is 9.98. The van der Waals surface area contributed by atoms with E-state index in [0.29, 0.717) is 30.2 Å². The number of carbonyl (C=O) groups excluding carboxylic acids is 2. The van der Waals surface area contributed by atoms with Gasteiger partial charge in [0.1, 0.15) is 0 Å². The van der Waals surface area contributed by atoms with Crippen LogP contribution in [0.4, 0.5) is 10.5 Å². The highest BCUT2D eigenvalue weighted by Crippen LogP contribution is 2.30. The summed E-state index contributed by atoms with van der Waals surface area (Å²) in [6.07, 6.45) is 5.44. The van der Waals surface area contributed by atoms with Crippen LogP contribution < -0.4 is 15.5 Å². The fourth-order valence-electron chi connectivity index (χ4n) is 4.40. The molecule has 2 N–H and O–H groups in total. The largest absolute Gasteiger partial charge is 0.339 e. The van der Waals surface area contributed by atoms with Crippen LogP contribution >= 0.6 is 0 Å². The summed E-state index contributed by atoms with van der Waals surface area (Å²) in [5.74, 6) is 0.0468. The number of hydrogen-bond acceptors (Lipinski definition) is 3. The highest BCUT2D eigenvalue weighted by molar-refractivity contribution is 5.98. The van der Waals surface area contributed by atoms with Gasteiger partial charge in [0.2, 0.25) is 0 Å². The third kappa shape index (κ3) is 3.23. The molecule has 6 heteroatoms. The van der Waals surface area contributed by atoms with Gasteiger partial charge in [-0.1, -0.05) is 6.07 Å². The van der Waals surface area contributed by atoms with Crippen molar-refractivity contribution in [3.63, 3.8) is 0 Å². The molecule has 1 aromatic rings. The summed E-state index contributed by atoms with van der Waals surface area (Å²) in [5, 5.41) is 6.48. The molecule has 2 unspecified atom stereocenters. The Morgan fingerprint density at radius 1 is 1.24 bits per heavy atom. The van der Waals surface area contributed by atoms with Gasteiger partial charge in [-0.3, -0.25) is 9.69 Å². The van der Waals surface area contributed by atoms with Crippen LogP contribution in [-0.4, -0.2) is 55.1 Å². The normalized spacial score (nSPS) is 28.6. The molecule has 3 amide bonds. The zero-order valence-electron chi connectivity index (χ0n) is 14.7. The van der Waals surface area contributed by atoms with E-state index in [1.807, 2.05) is 36.2 Å². The smallest absolute Gasteiger partial charge is 0.321 e.